The van der Waals surface area contributed by atoms with Crippen LogP contribution in [0.25, 0.3) is 0 Å². The minimum absolute atomic E-state index is 0.636. The lowest BCUT2D eigenvalue weighted by Gasteiger charge is -2.14. The van der Waals surface area contributed by atoms with Crippen molar-refractivity contribution >= 4 is 11.3 Å². The van der Waals surface area contributed by atoms with E-state index in [1.165, 1.54) is 0 Å². The number of rotatable bonds is 3. The van der Waals surface area contributed by atoms with E-state index in [0.29, 0.717) is 6.42 Å². The second-order valence-corrected chi connectivity index (χ2v) is 4.52. The van der Waals surface area contributed by atoms with E-state index in [2.05, 4.69) is 17.3 Å². The highest BCUT2D eigenvalue weighted by atomic mass is 32.1. The van der Waals surface area contributed by atoms with Crippen molar-refractivity contribution in [3.63, 3.8) is 0 Å². The Bertz CT molecular complexity index is 249. The van der Waals surface area contributed by atoms with Crippen molar-refractivity contribution in [2.75, 3.05) is 0 Å². The van der Waals surface area contributed by atoms with Crippen LogP contribution in [0, 0.1) is 0 Å². The van der Waals surface area contributed by atoms with Crippen LogP contribution in [-0.4, -0.2) is 15.7 Å². The van der Waals surface area contributed by atoms with Crippen LogP contribution in [0.15, 0.2) is 5.38 Å². The molecule has 0 bridgehead atoms. The maximum absolute atomic E-state index is 9.52. The molecule has 2 nitrogen and oxygen atoms in total. The van der Waals surface area contributed by atoms with E-state index in [1.54, 1.807) is 25.2 Å². The summed E-state index contributed by atoms with van der Waals surface area (Å²) in [4.78, 5) is 4.37. The van der Waals surface area contributed by atoms with Crippen LogP contribution in [0.2, 0.25) is 0 Å². The lowest BCUT2D eigenvalue weighted by Crippen LogP contribution is -2.21. The lowest BCUT2D eigenvalue weighted by molar-refractivity contribution is 0.0809. The molecule has 3 heteroatoms. The maximum atomic E-state index is 9.52. The summed E-state index contributed by atoms with van der Waals surface area (Å²) in [6.45, 7) is 5.70. The largest absolute Gasteiger partial charge is 0.390 e. The van der Waals surface area contributed by atoms with Gasteiger partial charge in [-0.3, -0.25) is 0 Å². The normalized spacial score (nSPS) is 12.0. The Labute approximate surface area is 77.3 Å². The minimum atomic E-state index is -0.636. The van der Waals surface area contributed by atoms with Gasteiger partial charge in [-0.1, -0.05) is 6.92 Å². The van der Waals surface area contributed by atoms with Crippen molar-refractivity contribution in [1.29, 1.82) is 0 Å². The summed E-state index contributed by atoms with van der Waals surface area (Å²) in [7, 11) is 0. The van der Waals surface area contributed by atoms with E-state index in [4.69, 9.17) is 0 Å². The van der Waals surface area contributed by atoms with Crippen LogP contribution in [0.4, 0.5) is 0 Å². The first-order valence-electron chi connectivity index (χ1n) is 4.17. The zero-order valence-electron chi connectivity index (χ0n) is 7.79. The zero-order chi connectivity index (χ0) is 9.19. The monoisotopic (exact) mass is 185 g/mol. The van der Waals surface area contributed by atoms with Gasteiger partial charge in [0.15, 0.2) is 0 Å². The first-order chi connectivity index (χ1) is 5.51. The molecule has 0 aliphatic carbocycles. The molecule has 0 aliphatic heterocycles. The third-order valence-electron chi connectivity index (χ3n) is 1.55. The van der Waals surface area contributed by atoms with Crippen molar-refractivity contribution in [3.8, 4) is 0 Å². The van der Waals surface area contributed by atoms with Crippen molar-refractivity contribution < 1.29 is 5.11 Å². The summed E-state index contributed by atoms with van der Waals surface area (Å²) in [5.74, 6) is 0. The summed E-state index contributed by atoms with van der Waals surface area (Å²) in [6.07, 6.45) is 1.63. The fraction of sp³-hybridized carbons (Fsp3) is 0.667. The van der Waals surface area contributed by atoms with Crippen molar-refractivity contribution in [2.24, 2.45) is 0 Å². The first kappa shape index (κ1) is 9.68. The van der Waals surface area contributed by atoms with Crippen LogP contribution in [0.5, 0.6) is 0 Å². The molecule has 0 unspecified atom stereocenters. The fourth-order valence-electron chi connectivity index (χ4n) is 0.963. The highest BCUT2D eigenvalue weighted by molar-refractivity contribution is 7.09. The van der Waals surface area contributed by atoms with Gasteiger partial charge in [-0.15, -0.1) is 11.3 Å². The van der Waals surface area contributed by atoms with E-state index < -0.39 is 5.60 Å². The third kappa shape index (κ3) is 2.91. The molecule has 0 radical (unpaired) electrons. The summed E-state index contributed by atoms with van der Waals surface area (Å²) >= 11 is 1.63. The Balaban J connectivity index is 2.64. The molecule has 1 aromatic heterocycles. The second kappa shape index (κ2) is 3.54. The van der Waals surface area contributed by atoms with Gasteiger partial charge in [0.1, 0.15) is 0 Å². The van der Waals surface area contributed by atoms with Crippen LogP contribution >= 0.6 is 11.3 Å². The molecule has 0 aliphatic rings. The summed E-state index contributed by atoms with van der Waals surface area (Å²) in [5.41, 5.74) is 0.488. The quantitative estimate of drug-likeness (QED) is 0.781. The Kier molecular flexibility index (Phi) is 2.85. The first-order valence-corrected chi connectivity index (χ1v) is 5.05. The van der Waals surface area contributed by atoms with Gasteiger partial charge in [-0.25, -0.2) is 4.98 Å². The maximum Gasteiger partial charge on any atom is 0.0956 e. The number of aromatic nitrogens is 1. The van der Waals surface area contributed by atoms with Crippen LogP contribution < -0.4 is 0 Å². The van der Waals surface area contributed by atoms with Crippen LogP contribution in [-0.2, 0) is 12.8 Å². The standard InChI is InChI=1S/C9H15NOS/c1-4-7-6-12-8(10-7)5-9(2,3)11/h6,11H,4-5H2,1-3H3. The van der Waals surface area contributed by atoms with Gasteiger partial charge < -0.3 is 5.11 Å². The van der Waals surface area contributed by atoms with E-state index >= 15 is 0 Å². The molecule has 0 amide bonds. The Morgan fingerprint density at radius 1 is 1.58 bits per heavy atom. The molecule has 0 aromatic carbocycles. The van der Waals surface area contributed by atoms with E-state index in [0.717, 1.165) is 17.1 Å². The SMILES string of the molecule is CCc1csc(CC(C)(C)O)n1. The number of aryl methyl sites for hydroxylation is 1. The Hall–Kier alpha value is -0.410. The highest BCUT2D eigenvalue weighted by Crippen LogP contribution is 2.16. The number of nitrogens with zero attached hydrogens (tertiary/aromatic N) is 1. The molecular weight excluding hydrogens is 170 g/mol. The average Bonchev–Trinajstić information content (AvgIpc) is 2.32. The van der Waals surface area contributed by atoms with Crippen molar-refractivity contribution in [2.45, 2.75) is 39.2 Å². The van der Waals surface area contributed by atoms with Gasteiger partial charge in [0.25, 0.3) is 0 Å². The summed E-state index contributed by atoms with van der Waals surface area (Å²) < 4.78 is 0. The number of thiazole rings is 1. The second-order valence-electron chi connectivity index (χ2n) is 3.58. The zero-order valence-corrected chi connectivity index (χ0v) is 8.61. The number of aliphatic hydroxyl groups is 1. The molecule has 0 atom stereocenters. The van der Waals surface area contributed by atoms with E-state index in [9.17, 15) is 5.11 Å². The van der Waals surface area contributed by atoms with Gasteiger partial charge in [0.05, 0.1) is 16.3 Å². The summed E-state index contributed by atoms with van der Waals surface area (Å²) in [5, 5.41) is 12.6. The predicted octanol–water partition coefficient (Wildman–Crippen LogP) is 2.02. The Morgan fingerprint density at radius 2 is 2.25 bits per heavy atom. The van der Waals surface area contributed by atoms with Crippen molar-refractivity contribution in [1.82, 2.24) is 4.98 Å². The average molecular weight is 185 g/mol. The van der Waals surface area contributed by atoms with Crippen LogP contribution in [0.1, 0.15) is 31.5 Å². The minimum Gasteiger partial charge on any atom is -0.390 e. The summed E-state index contributed by atoms with van der Waals surface area (Å²) in [6, 6.07) is 0. The van der Waals surface area contributed by atoms with Gasteiger partial charge in [0, 0.05) is 11.8 Å². The van der Waals surface area contributed by atoms with Gasteiger partial charge in [-0.05, 0) is 20.3 Å². The van der Waals surface area contributed by atoms with Gasteiger partial charge in [-0.2, -0.15) is 0 Å². The molecule has 0 fully saturated rings. The molecule has 1 heterocycles. The smallest absolute Gasteiger partial charge is 0.0956 e. The fourth-order valence-corrected chi connectivity index (χ4v) is 2.06. The number of hydrogen-bond donors (Lipinski definition) is 1. The molecular formula is C9H15NOS. The molecule has 1 aromatic rings. The molecule has 0 spiro atoms. The third-order valence-corrected chi connectivity index (χ3v) is 2.44. The van der Waals surface area contributed by atoms with Crippen LogP contribution in [0.3, 0.4) is 0 Å². The topological polar surface area (TPSA) is 33.1 Å². The number of hydrogen-bond acceptors (Lipinski definition) is 3. The van der Waals surface area contributed by atoms with E-state index in [-0.39, 0.29) is 0 Å². The molecule has 12 heavy (non-hydrogen) atoms. The predicted molar refractivity (Wildman–Crippen MR) is 51.5 cm³/mol. The molecule has 1 N–H and O–H groups in total. The molecule has 0 saturated carbocycles. The van der Waals surface area contributed by atoms with Gasteiger partial charge >= 0.3 is 0 Å². The lowest BCUT2D eigenvalue weighted by atomic mass is 10.1. The molecule has 68 valence electrons. The van der Waals surface area contributed by atoms with Crippen molar-refractivity contribution in [3.05, 3.63) is 16.1 Å². The molecule has 0 saturated heterocycles. The van der Waals surface area contributed by atoms with Gasteiger partial charge in [0.2, 0.25) is 0 Å². The van der Waals surface area contributed by atoms with E-state index in [1.807, 2.05) is 0 Å². The Morgan fingerprint density at radius 3 is 2.67 bits per heavy atom. The highest BCUT2D eigenvalue weighted by Gasteiger charge is 2.15. The molecule has 1 rings (SSSR count).